The summed E-state index contributed by atoms with van der Waals surface area (Å²) < 4.78 is 4.84. The summed E-state index contributed by atoms with van der Waals surface area (Å²) >= 11 is 0. The summed E-state index contributed by atoms with van der Waals surface area (Å²) in [4.78, 5) is 11.7. The third-order valence-electron chi connectivity index (χ3n) is 2.37. The van der Waals surface area contributed by atoms with Gasteiger partial charge < -0.3 is 9.84 Å². The Hall–Kier alpha value is -0.570. The number of esters is 1. The van der Waals surface area contributed by atoms with E-state index in [0.717, 1.165) is 25.7 Å². The molecule has 0 saturated carbocycles. The summed E-state index contributed by atoms with van der Waals surface area (Å²) in [5, 5.41) is 8.98. The van der Waals surface area contributed by atoms with Crippen LogP contribution in [0.5, 0.6) is 0 Å². The van der Waals surface area contributed by atoms with E-state index in [0.29, 0.717) is 0 Å². The van der Waals surface area contributed by atoms with Gasteiger partial charge in [-0.3, -0.25) is 4.79 Å². The first-order valence-electron chi connectivity index (χ1n) is 5.35. The van der Waals surface area contributed by atoms with Crippen molar-refractivity contribution in [1.29, 1.82) is 0 Å². The number of carbonyl (C=O) groups excluding carboxylic acids is 1. The maximum atomic E-state index is 11.7. The van der Waals surface area contributed by atoms with Crippen LogP contribution in [0.2, 0.25) is 0 Å². The maximum Gasteiger partial charge on any atom is 0.314 e. The Morgan fingerprint density at radius 1 is 1.36 bits per heavy atom. The fourth-order valence-electron chi connectivity index (χ4n) is 1.73. The van der Waals surface area contributed by atoms with Crippen molar-refractivity contribution in [2.75, 3.05) is 0 Å². The minimum atomic E-state index is -1.00. The smallest absolute Gasteiger partial charge is 0.314 e. The van der Waals surface area contributed by atoms with Gasteiger partial charge in [0.2, 0.25) is 0 Å². The summed E-state index contributed by atoms with van der Waals surface area (Å²) in [7, 11) is 0. The molecular formula is C11H22O3. The third-order valence-corrected chi connectivity index (χ3v) is 2.37. The van der Waals surface area contributed by atoms with Crippen LogP contribution in [0, 0.1) is 5.41 Å². The Kier molecular flexibility index (Phi) is 5.77. The van der Waals surface area contributed by atoms with Crippen LogP contribution >= 0.6 is 0 Å². The average molecular weight is 202 g/mol. The normalized spacial score (nSPS) is 13.8. The van der Waals surface area contributed by atoms with E-state index in [2.05, 4.69) is 0 Å². The van der Waals surface area contributed by atoms with E-state index in [1.807, 2.05) is 20.8 Å². The Morgan fingerprint density at radius 2 is 1.79 bits per heavy atom. The van der Waals surface area contributed by atoms with Crippen LogP contribution in [0.25, 0.3) is 0 Å². The van der Waals surface area contributed by atoms with Gasteiger partial charge in [-0.25, -0.2) is 0 Å². The highest BCUT2D eigenvalue weighted by atomic mass is 16.6. The topological polar surface area (TPSA) is 46.5 Å². The minimum Gasteiger partial charge on any atom is -0.436 e. The van der Waals surface area contributed by atoms with Crippen LogP contribution in [-0.4, -0.2) is 17.4 Å². The molecule has 0 aromatic rings. The molecule has 0 fully saturated rings. The highest BCUT2D eigenvalue weighted by Crippen LogP contribution is 2.30. The molecule has 1 atom stereocenters. The van der Waals surface area contributed by atoms with Gasteiger partial charge in [-0.2, -0.15) is 0 Å². The van der Waals surface area contributed by atoms with Crippen molar-refractivity contribution < 1.29 is 14.6 Å². The lowest BCUT2D eigenvalue weighted by Crippen LogP contribution is -2.32. The summed E-state index contributed by atoms with van der Waals surface area (Å²) in [6.07, 6.45) is 2.52. The lowest BCUT2D eigenvalue weighted by atomic mass is 9.81. The summed E-state index contributed by atoms with van der Waals surface area (Å²) in [5.41, 5.74) is -0.430. The first-order valence-corrected chi connectivity index (χ1v) is 5.35. The second-order valence-electron chi connectivity index (χ2n) is 4.07. The molecular weight excluding hydrogens is 180 g/mol. The monoisotopic (exact) mass is 202 g/mol. The molecule has 0 aliphatic rings. The highest BCUT2D eigenvalue weighted by molar-refractivity contribution is 5.76. The van der Waals surface area contributed by atoms with Crippen LogP contribution in [0.15, 0.2) is 0 Å². The van der Waals surface area contributed by atoms with Gasteiger partial charge in [-0.05, 0) is 26.7 Å². The molecule has 0 spiro atoms. The second-order valence-corrected chi connectivity index (χ2v) is 4.07. The Balaban J connectivity index is 4.38. The van der Waals surface area contributed by atoms with Crippen molar-refractivity contribution in [3.8, 4) is 0 Å². The highest BCUT2D eigenvalue weighted by Gasteiger charge is 2.33. The predicted octanol–water partition coefficient (Wildman–Crippen LogP) is 2.47. The van der Waals surface area contributed by atoms with Gasteiger partial charge in [-0.15, -0.1) is 0 Å². The van der Waals surface area contributed by atoms with E-state index >= 15 is 0 Å². The first-order chi connectivity index (χ1) is 6.46. The number of hydrogen-bond donors (Lipinski definition) is 1. The van der Waals surface area contributed by atoms with Gasteiger partial charge >= 0.3 is 5.97 Å². The number of aliphatic hydroxyl groups excluding tert-OH is 1. The quantitative estimate of drug-likeness (QED) is 0.531. The molecule has 3 heteroatoms. The minimum absolute atomic E-state index is 0.281. The number of ether oxygens (including phenoxy) is 1. The summed E-state index contributed by atoms with van der Waals surface area (Å²) in [6, 6.07) is 0. The Bertz CT molecular complexity index is 169. The van der Waals surface area contributed by atoms with Crippen LogP contribution in [0.4, 0.5) is 0 Å². The molecule has 0 aromatic carbocycles. The number of aliphatic hydroxyl groups is 1. The van der Waals surface area contributed by atoms with Crippen molar-refractivity contribution in [2.45, 2.75) is 59.7 Å². The third kappa shape index (κ3) is 4.09. The van der Waals surface area contributed by atoms with Gasteiger partial charge in [0, 0.05) is 0 Å². The Labute approximate surface area is 86.5 Å². The lowest BCUT2D eigenvalue weighted by Gasteiger charge is -2.27. The Morgan fingerprint density at radius 3 is 2.07 bits per heavy atom. The molecule has 0 saturated heterocycles. The molecule has 84 valence electrons. The van der Waals surface area contributed by atoms with Crippen molar-refractivity contribution in [1.82, 2.24) is 0 Å². The molecule has 0 heterocycles. The number of hydrogen-bond acceptors (Lipinski definition) is 3. The van der Waals surface area contributed by atoms with Gasteiger partial charge in [0.05, 0.1) is 5.41 Å². The molecule has 14 heavy (non-hydrogen) atoms. The lowest BCUT2D eigenvalue weighted by molar-refractivity contribution is -0.177. The van der Waals surface area contributed by atoms with Crippen molar-refractivity contribution >= 4 is 5.97 Å². The standard InChI is InChI=1S/C11H22O3/c1-5-7-11(4,8-6-2)10(13)14-9(3)12/h9,12H,5-8H2,1-4H3. The van der Waals surface area contributed by atoms with Gasteiger partial charge in [0.25, 0.3) is 0 Å². The maximum absolute atomic E-state index is 11.7. The van der Waals surface area contributed by atoms with E-state index in [1.165, 1.54) is 6.92 Å². The first kappa shape index (κ1) is 13.4. The predicted molar refractivity (Wildman–Crippen MR) is 55.7 cm³/mol. The van der Waals surface area contributed by atoms with E-state index in [1.54, 1.807) is 0 Å². The van der Waals surface area contributed by atoms with E-state index in [-0.39, 0.29) is 5.97 Å². The molecule has 0 aliphatic heterocycles. The van der Waals surface area contributed by atoms with E-state index in [4.69, 9.17) is 9.84 Å². The molecule has 0 rings (SSSR count). The summed E-state index contributed by atoms with van der Waals surface area (Å²) in [5.74, 6) is -0.281. The average Bonchev–Trinajstić information content (AvgIpc) is 2.03. The largest absolute Gasteiger partial charge is 0.436 e. The van der Waals surface area contributed by atoms with E-state index < -0.39 is 11.7 Å². The zero-order valence-electron chi connectivity index (χ0n) is 9.67. The van der Waals surface area contributed by atoms with Crippen molar-refractivity contribution in [3.63, 3.8) is 0 Å². The second kappa shape index (κ2) is 6.02. The molecule has 1 unspecified atom stereocenters. The van der Waals surface area contributed by atoms with Gasteiger partial charge in [0.1, 0.15) is 0 Å². The van der Waals surface area contributed by atoms with Crippen molar-refractivity contribution in [3.05, 3.63) is 0 Å². The molecule has 0 aliphatic carbocycles. The van der Waals surface area contributed by atoms with Crippen molar-refractivity contribution in [2.24, 2.45) is 5.41 Å². The fourth-order valence-corrected chi connectivity index (χ4v) is 1.73. The van der Waals surface area contributed by atoms with Crippen LogP contribution < -0.4 is 0 Å². The van der Waals surface area contributed by atoms with E-state index in [9.17, 15) is 4.79 Å². The molecule has 0 aromatic heterocycles. The van der Waals surface area contributed by atoms with Crippen LogP contribution in [0.1, 0.15) is 53.4 Å². The van der Waals surface area contributed by atoms with Crippen LogP contribution in [0.3, 0.4) is 0 Å². The molecule has 3 nitrogen and oxygen atoms in total. The van der Waals surface area contributed by atoms with Gasteiger partial charge in [-0.1, -0.05) is 26.7 Å². The fraction of sp³-hybridized carbons (Fsp3) is 0.909. The van der Waals surface area contributed by atoms with Crippen LogP contribution in [-0.2, 0) is 9.53 Å². The molecule has 0 amide bonds. The summed E-state index contributed by atoms with van der Waals surface area (Å²) in [6.45, 7) is 7.45. The number of rotatable bonds is 6. The number of carbonyl (C=O) groups is 1. The zero-order valence-corrected chi connectivity index (χ0v) is 9.67. The molecule has 0 radical (unpaired) electrons. The molecule has 0 bridgehead atoms. The zero-order chi connectivity index (χ0) is 11.2. The molecule has 1 N–H and O–H groups in total. The SMILES string of the molecule is CCCC(C)(CCC)C(=O)OC(C)O. The van der Waals surface area contributed by atoms with Gasteiger partial charge in [0.15, 0.2) is 6.29 Å².